The van der Waals surface area contributed by atoms with Crippen LogP contribution in [0.5, 0.6) is 0 Å². The lowest BCUT2D eigenvalue weighted by molar-refractivity contribution is 0.0950. The van der Waals surface area contributed by atoms with Crippen molar-refractivity contribution < 1.29 is 9.90 Å². The number of carbonyl (C=O) groups excluding carboxylic acids is 1. The largest absolute Gasteiger partial charge is 0.392 e. The summed E-state index contributed by atoms with van der Waals surface area (Å²) < 4.78 is 0.924. The fraction of sp³-hybridized carbons (Fsp3) is 0.188. The monoisotopic (exact) mass is 333 g/mol. The molecule has 104 valence electrons. The minimum absolute atomic E-state index is 0.00647. The van der Waals surface area contributed by atoms with Crippen molar-refractivity contribution in [3.63, 3.8) is 0 Å². The van der Waals surface area contributed by atoms with E-state index in [1.165, 1.54) is 0 Å². The van der Waals surface area contributed by atoms with Gasteiger partial charge in [-0.05, 0) is 35.7 Å². The van der Waals surface area contributed by atoms with E-state index < -0.39 is 0 Å². The van der Waals surface area contributed by atoms with Crippen molar-refractivity contribution in [2.75, 3.05) is 0 Å². The first kappa shape index (κ1) is 14.8. The summed E-state index contributed by atoms with van der Waals surface area (Å²) in [4.78, 5) is 12.2. The first-order valence-corrected chi connectivity index (χ1v) is 7.13. The van der Waals surface area contributed by atoms with Crippen molar-refractivity contribution in [2.45, 2.75) is 20.1 Å². The molecule has 1 amide bonds. The van der Waals surface area contributed by atoms with E-state index in [1.807, 2.05) is 43.3 Å². The van der Waals surface area contributed by atoms with Crippen LogP contribution in [0, 0.1) is 6.92 Å². The Bertz CT molecular complexity index is 626. The summed E-state index contributed by atoms with van der Waals surface area (Å²) in [6.07, 6.45) is 0. The number of carbonyl (C=O) groups is 1. The van der Waals surface area contributed by atoms with E-state index in [9.17, 15) is 4.79 Å². The number of hydrogen-bond donors (Lipinski definition) is 2. The molecular weight excluding hydrogens is 318 g/mol. The van der Waals surface area contributed by atoms with Crippen LogP contribution < -0.4 is 5.32 Å². The first-order chi connectivity index (χ1) is 9.61. The van der Waals surface area contributed by atoms with E-state index in [-0.39, 0.29) is 12.5 Å². The summed E-state index contributed by atoms with van der Waals surface area (Å²) in [7, 11) is 0. The topological polar surface area (TPSA) is 49.3 Å². The molecule has 0 aliphatic carbocycles. The third-order valence-corrected chi connectivity index (χ3v) is 4.00. The fourth-order valence-electron chi connectivity index (χ4n) is 1.97. The standard InChI is InChI=1S/C16H16BrNO2/c1-11-14(6-3-7-15(11)17)16(20)18-9-12-4-2-5-13(8-12)10-19/h2-8,19H,9-10H2,1H3,(H,18,20). The molecule has 0 aromatic heterocycles. The Hall–Kier alpha value is -1.65. The van der Waals surface area contributed by atoms with Gasteiger partial charge in [-0.15, -0.1) is 0 Å². The number of amides is 1. The molecule has 2 N–H and O–H groups in total. The number of aliphatic hydroxyl groups excluding tert-OH is 1. The molecule has 3 nitrogen and oxygen atoms in total. The van der Waals surface area contributed by atoms with Gasteiger partial charge >= 0.3 is 0 Å². The van der Waals surface area contributed by atoms with E-state index in [0.29, 0.717) is 12.1 Å². The van der Waals surface area contributed by atoms with Gasteiger partial charge in [-0.1, -0.05) is 46.3 Å². The Morgan fingerprint density at radius 3 is 2.65 bits per heavy atom. The van der Waals surface area contributed by atoms with Gasteiger partial charge in [-0.3, -0.25) is 4.79 Å². The molecule has 2 aromatic rings. The van der Waals surface area contributed by atoms with Gasteiger partial charge in [0.25, 0.3) is 5.91 Å². The van der Waals surface area contributed by atoms with E-state index >= 15 is 0 Å². The summed E-state index contributed by atoms with van der Waals surface area (Å²) in [5.74, 6) is -0.0989. The molecule has 0 heterocycles. The van der Waals surface area contributed by atoms with E-state index in [4.69, 9.17) is 5.11 Å². The van der Waals surface area contributed by atoms with Gasteiger partial charge in [0.15, 0.2) is 0 Å². The van der Waals surface area contributed by atoms with Crippen molar-refractivity contribution in [1.29, 1.82) is 0 Å². The normalized spacial score (nSPS) is 10.3. The van der Waals surface area contributed by atoms with Gasteiger partial charge in [0, 0.05) is 16.6 Å². The van der Waals surface area contributed by atoms with Gasteiger partial charge in [-0.25, -0.2) is 0 Å². The van der Waals surface area contributed by atoms with Crippen molar-refractivity contribution in [1.82, 2.24) is 5.32 Å². The highest BCUT2D eigenvalue weighted by molar-refractivity contribution is 9.10. The second-order valence-electron chi connectivity index (χ2n) is 4.57. The van der Waals surface area contributed by atoms with Gasteiger partial charge in [-0.2, -0.15) is 0 Å². The van der Waals surface area contributed by atoms with Crippen LogP contribution in [0.2, 0.25) is 0 Å². The molecular formula is C16H16BrNO2. The molecule has 0 aliphatic heterocycles. The SMILES string of the molecule is Cc1c(Br)cccc1C(=O)NCc1cccc(CO)c1. The molecule has 0 spiro atoms. The molecule has 0 atom stereocenters. The average Bonchev–Trinajstić information content (AvgIpc) is 2.48. The average molecular weight is 334 g/mol. The van der Waals surface area contributed by atoms with Crippen molar-refractivity contribution in [3.8, 4) is 0 Å². The zero-order chi connectivity index (χ0) is 14.5. The van der Waals surface area contributed by atoms with Crippen molar-refractivity contribution in [2.24, 2.45) is 0 Å². The molecule has 0 saturated heterocycles. The summed E-state index contributed by atoms with van der Waals surface area (Å²) in [6, 6.07) is 13.1. The molecule has 2 rings (SSSR count). The summed E-state index contributed by atoms with van der Waals surface area (Å²) in [5.41, 5.74) is 3.40. The minimum atomic E-state index is -0.0989. The van der Waals surface area contributed by atoms with Crippen LogP contribution in [-0.2, 0) is 13.2 Å². The molecule has 0 radical (unpaired) electrons. The highest BCUT2D eigenvalue weighted by atomic mass is 79.9. The molecule has 0 aliphatic rings. The Morgan fingerprint density at radius 2 is 1.90 bits per heavy atom. The number of hydrogen-bond acceptors (Lipinski definition) is 2. The second kappa shape index (κ2) is 6.68. The fourth-order valence-corrected chi connectivity index (χ4v) is 2.34. The number of rotatable bonds is 4. The third kappa shape index (κ3) is 3.46. The molecule has 0 fully saturated rings. The van der Waals surface area contributed by atoms with Gasteiger partial charge < -0.3 is 10.4 Å². The minimum Gasteiger partial charge on any atom is -0.392 e. The third-order valence-electron chi connectivity index (χ3n) is 3.14. The molecule has 0 unspecified atom stereocenters. The lowest BCUT2D eigenvalue weighted by atomic mass is 10.1. The maximum absolute atomic E-state index is 12.2. The number of aliphatic hydroxyl groups is 1. The van der Waals surface area contributed by atoms with Crippen molar-refractivity contribution >= 4 is 21.8 Å². The van der Waals surface area contributed by atoms with Gasteiger partial charge in [0.2, 0.25) is 0 Å². The molecule has 20 heavy (non-hydrogen) atoms. The van der Waals surface area contributed by atoms with E-state index in [2.05, 4.69) is 21.2 Å². The molecule has 2 aromatic carbocycles. The molecule has 0 bridgehead atoms. The van der Waals surface area contributed by atoms with Crippen LogP contribution in [0.4, 0.5) is 0 Å². The Morgan fingerprint density at radius 1 is 1.20 bits per heavy atom. The van der Waals surface area contributed by atoms with Crippen LogP contribution in [0.25, 0.3) is 0 Å². The highest BCUT2D eigenvalue weighted by Crippen LogP contribution is 2.19. The maximum atomic E-state index is 12.2. The van der Waals surface area contributed by atoms with Gasteiger partial charge in [0.1, 0.15) is 0 Å². The van der Waals surface area contributed by atoms with Crippen molar-refractivity contribution in [3.05, 3.63) is 69.2 Å². The number of nitrogens with one attached hydrogen (secondary N) is 1. The Kier molecular flexibility index (Phi) is 4.93. The Labute approximate surface area is 126 Å². The highest BCUT2D eigenvalue weighted by Gasteiger charge is 2.10. The van der Waals surface area contributed by atoms with E-state index in [1.54, 1.807) is 6.07 Å². The Balaban J connectivity index is 2.06. The number of benzene rings is 2. The second-order valence-corrected chi connectivity index (χ2v) is 5.43. The zero-order valence-electron chi connectivity index (χ0n) is 11.2. The van der Waals surface area contributed by atoms with Crippen LogP contribution in [0.15, 0.2) is 46.9 Å². The zero-order valence-corrected chi connectivity index (χ0v) is 12.8. The van der Waals surface area contributed by atoms with Crippen LogP contribution in [0.3, 0.4) is 0 Å². The quantitative estimate of drug-likeness (QED) is 0.902. The van der Waals surface area contributed by atoms with Crippen LogP contribution in [-0.4, -0.2) is 11.0 Å². The summed E-state index contributed by atoms with van der Waals surface area (Å²) in [6.45, 7) is 2.36. The summed E-state index contributed by atoms with van der Waals surface area (Å²) in [5, 5.41) is 12.0. The first-order valence-electron chi connectivity index (χ1n) is 6.34. The maximum Gasteiger partial charge on any atom is 0.251 e. The predicted molar refractivity (Wildman–Crippen MR) is 82.4 cm³/mol. The van der Waals surface area contributed by atoms with Gasteiger partial charge in [0.05, 0.1) is 6.61 Å². The smallest absolute Gasteiger partial charge is 0.251 e. The lowest BCUT2D eigenvalue weighted by Crippen LogP contribution is -2.23. The summed E-state index contributed by atoms with van der Waals surface area (Å²) >= 11 is 3.42. The molecule has 0 saturated carbocycles. The number of halogens is 1. The predicted octanol–water partition coefficient (Wildman–Crippen LogP) is 3.18. The molecule has 4 heteroatoms. The van der Waals surface area contributed by atoms with E-state index in [0.717, 1.165) is 21.2 Å². The lowest BCUT2D eigenvalue weighted by Gasteiger charge is -2.09. The van der Waals surface area contributed by atoms with Crippen LogP contribution >= 0.6 is 15.9 Å². The van der Waals surface area contributed by atoms with Crippen LogP contribution in [0.1, 0.15) is 27.0 Å².